The molecule has 2 atom stereocenters. The van der Waals surface area contributed by atoms with Crippen LogP contribution in [0.2, 0.25) is 0 Å². The van der Waals surface area contributed by atoms with E-state index >= 15 is 0 Å². The number of carbonyl (C=O) groups is 1. The number of hydrogen-bond acceptors (Lipinski definition) is 2. The van der Waals surface area contributed by atoms with Gasteiger partial charge in [0.2, 0.25) is 5.91 Å². The fraction of sp³-hybridized carbons (Fsp3) is 0.923. The highest BCUT2D eigenvalue weighted by Crippen LogP contribution is 2.37. The summed E-state index contributed by atoms with van der Waals surface area (Å²) in [7, 11) is 0. The Morgan fingerprint density at radius 1 is 1.35 bits per heavy atom. The second-order valence-electron chi connectivity index (χ2n) is 6.00. The molecule has 100 valence electrons. The molecule has 1 aliphatic carbocycles. The molecule has 1 saturated carbocycles. The lowest BCUT2D eigenvalue weighted by atomic mass is 9.87. The summed E-state index contributed by atoms with van der Waals surface area (Å²) < 4.78 is 0. The van der Waals surface area contributed by atoms with E-state index in [0.29, 0.717) is 23.9 Å². The molecular weight excluding hydrogens is 236 g/mol. The van der Waals surface area contributed by atoms with Gasteiger partial charge in [0, 0.05) is 18.5 Å². The average Bonchev–Trinajstić information content (AvgIpc) is 2.78. The molecule has 2 aliphatic rings. The van der Waals surface area contributed by atoms with Crippen LogP contribution in [-0.4, -0.2) is 24.5 Å². The predicted octanol–water partition coefficient (Wildman–Crippen LogP) is 2.25. The molecule has 3 nitrogen and oxygen atoms in total. The summed E-state index contributed by atoms with van der Waals surface area (Å²) in [6, 6.07) is 0.811. The van der Waals surface area contributed by atoms with E-state index in [1.165, 1.54) is 19.3 Å². The maximum atomic E-state index is 11.9. The summed E-state index contributed by atoms with van der Waals surface area (Å²) in [5.41, 5.74) is 0.290. The fourth-order valence-corrected chi connectivity index (χ4v) is 3.00. The number of hydrogen-bond donors (Lipinski definition) is 2. The van der Waals surface area contributed by atoms with Gasteiger partial charge in [-0.15, -0.1) is 12.4 Å². The van der Waals surface area contributed by atoms with E-state index in [4.69, 9.17) is 0 Å². The van der Waals surface area contributed by atoms with Crippen LogP contribution in [0, 0.1) is 5.41 Å². The molecule has 1 saturated heterocycles. The first-order valence-corrected chi connectivity index (χ1v) is 6.61. The van der Waals surface area contributed by atoms with Crippen LogP contribution in [-0.2, 0) is 4.79 Å². The molecule has 2 rings (SSSR count). The number of amides is 1. The van der Waals surface area contributed by atoms with Crippen LogP contribution in [0.25, 0.3) is 0 Å². The Morgan fingerprint density at radius 3 is 2.65 bits per heavy atom. The third-order valence-electron chi connectivity index (χ3n) is 4.19. The molecule has 0 aromatic heterocycles. The lowest BCUT2D eigenvalue weighted by Crippen LogP contribution is -2.43. The van der Waals surface area contributed by atoms with E-state index in [2.05, 4.69) is 24.5 Å². The van der Waals surface area contributed by atoms with Crippen LogP contribution >= 0.6 is 12.4 Å². The summed E-state index contributed by atoms with van der Waals surface area (Å²) in [6.45, 7) is 5.60. The number of nitrogens with one attached hydrogen (secondary N) is 2. The summed E-state index contributed by atoms with van der Waals surface area (Å²) in [6.07, 6.45) is 6.66. The van der Waals surface area contributed by atoms with E-state index < -0.39 is 0 Å². The van der Waals surface area contributed by atoms with Crippen molar-refractivity contribution in [2.24, 2.45) is 5.41 Å². The van der Waals surface area contributed by atoms with Gasteiger partial charge >= 0.3 is 0 Å². The quantitative estimate of drug-likeness (QED) is 0.817. The van der Waals surface area contributed by atoms with Crippen LogP contribution < -0.4 is 10.6 Å². The topological polar surface area (TPSA) is 41.1 Å². The minimum atomic E-state index is 0. The summed E-state index contributed by atoms with van der Waals surface area (Å²) in [4.78, 5) is 11.9. The summed E-state index contributed by atoms with van der Waals surface area (Å²) >= 11 is 0. The van der Waals surface area contributed by atoms with Crippen LogP contribution in [0.4, 0.5) is 0 Å². The maximum absolute atomic E-state index is 11.9. The van der Waals surface area contributed by atoms with Crippen molar-refractivity contribution in [3.8, 4) is 0 Å². The first kappa shape index (κ1) is 14.8. The molecule has 2 N–H and O–H groups in total. The second kappa shape index (κ2) is 6.05. The Kier molecular flexibility index (Phi) is 5.26. The maximum Gasteiger partial charge on any atom is 0.221 e. The predicted molar refractivity (Wildman–Crippen MR) is 72.5 cm³/mol. The van der Waals surface area contributed by atoms with Gasteiger partial charge in [0.05, 0.1) is 0 Å². The van der Waals surface area contributed by atoms with Crippen molar-refractivity contribution in [2.75, 3.05) is 6.54 Å². The SMILES string of the molecule is CC1(C)CCCC1NC(=O)CC1CCCN1.Cl. The molecule has 1 amide bonds. The van der Waals surface area contributed by atoms with E-state index in [-0.39, 0.29) is 18.3 Å². The molecule has 0 radical (unpaired) electrons. The van der Waals surface area contributed by atoms with Crippen molar-refractivity contribution in [1.82, 2.24) is 10.6 Å². The Morgan fingerprint density at radius 2 is 2.12 bits per heavy atom. The standard InChI is InChI=1S/C13H24N2O.ClH/c1-13(2)7-3-6-11(13)15-12(16)9-10-5-4-8-14-10;/h10-11,14H,3-9H2,1-2H3,(H,15,16);1H. The largest absolute Gasteiger partial charge is 0.353 e. The van der Waals surface area contributed by atoms with Crippen molar-refractivity contribution >= 4 is 18.3 Å². The first-order valence-electron chi connectivity index (χ1n) is 6.61. The van der Waals surface area contributed by atoms with Gasteiger partial charge in [-0.25, -0.2) is 0 Å². The van der Waals surface area contributed by atoms with Gasteiger partial charge in [0.15, 0.2) is 0 Å². The second-order valence-corrected chi connectivity index (χ2v) is 6.00. The normalized spacial score (nSPS) is 30.9. The van der Waals surface area contributed by atoms with Gasteiger partial charge in [-0.3, -0.25) is 4.79 Å². The Hall–Kier alpha value is -0.280. The Bertz CT molecular complexity index is 262. The number of carbonyl (C=O) groups excluding carboxylic acids is 1. The van der Waals surface area contributed by atoms with Crippen molar-refractivity contribution in [3.05, 3.63) is 0 Å². The third-order valence-corrected chi connectivity index (χ3v) is 4.19. The van der Waals surface area contributed by atoms with Gasteiger partial charge in [-0.1, -0.05) is 20.3 Å². The fourth-order valence-electron chi connectivity index (χ4n) is 3.00. The van der Waals surface area contributed by atoms with Gasteiger partial charge < -0.3 is 10.6 Å². The molecule has 2 fully saturated rings. The highest BCUT2D eigenvalue weighted by Gasteiger charge is 2.35. The van der Waals surface area contributed by atoms with E-state index in [9.17, 15) is 4.79 Å². The minimum absolute atomic E-state index is 0. The summed E-state index contributed by atoms with van der Waals surface area (Å²) in [5.74, 6) is 0.236. The molecule has 0 bridgehead atoms. The molecule has 0 spiro atoms. The van der Waals surface area contributed by atoms with Gasteiger partial charge in [0.1, 0.15) is 0 Å². The first-order chi connectivity index (χ1) is 7.58. The molecule has 1 heterocycles. The average molecular weight is 261 g/mol. The highest BCUT2D eigenvalue weighted by molar-refractivity contribution is 5.85. The molecule has 17 heavy (non-hydrogen) atoms. The van der Waals surface area contributed by atoms with Crippen LogP contribution in [0.3, 0.4) is 0 Å². The van der Waals surface area contributed by atoms with Crippen molar-refractivity contribution in [3.63, 3.8) is 0 Å². The third kappa shape index (κ3) is 3.85. The molecule has 1 aliphatic heterocycles. The van der Waals surface area contributed by atoms with Crippen molar-refractivity contribution < 1.29 is 4.79 Å². The minimum Gasteiger partial charge on any atom is -0.353 e. The zero-order valence-corrected chi connectivity index (χ0v) is 11.7. The highest BCUT2D eigenvalue weighted by atomic mass is 35.5. The molecule has 0 aromatic rings. The molecule has 2 unspecified atom stereocenters. The van der Waals surface area contributed by atoms with E-state index in [0.717, 1.165) is 19.4 Å². The Labute approximate surface area is 111 Å². The summed E-state index contributed by atoms with van der Waals surface area (Å²) in [5, 5.41) is 6.59. The number of halogens is 1. The van der Waals surface area contributed by atoms with Crippen LogP contribution in [0.15, 0.2) is 0 Å². The van der Waals surface area contributed by atoms with Crippen molar-refractivity contribution in [2.45, 2.75) is 64.5 Å². The molecule has 0 aromatic carbocycles. The monoisotopic (exact) mass is 260 g/mol. The molecule has 4 heteroatoms. The lowest BCUT2D eigenvalue weighted by molar-refractivity contribution is -0.122. The van der Waals surface area contributed by atoms with Crippen LogP contribution in [0.1, 0.15) is 52.4 Å². The zero-order chi connectivity index (χ0) is 11.6. The Balaban J connectivity index is 0.00000144. The lowest BCUT2D eigenvalue weighted by Gasteiger charge is -2.28. The molecular formula is C13H25ClN2O. The zero-order valence-electron chi connectivity index (χ0n) is 10.9. The van der Waals surface area contributed by atoms with Gasteiger partial charge in [0.25, 0.3) is 0 Å². The van der Waals surface area contributed by atoms with Gasteiger partial charge in [-0.05, 0) is 37.6 Å². The van der Waals surface area contributed by atoms with E-state index in [1.807, 2.05) is 0 Å². The van der Waals surface area contributed by atoms with E-state index in [1.54, 1.807) is 0 Å². The van der Waals surface area contributed by atoms with Gasteiger partial charge in [-0.2, -0.15) is 0 Å². The van der Waals surface area contributed by atoms with Crippen LogP contribution in [0.5, 0.6) is 0 Å². The smallest absolute Gasteiger partial charge is 0.221 e. The van der Waals surface area contributed by atoms with Crippen molar-refractivity contribution in [1.29, 1.82) is 0 Å². The number of rotatable bonds is 3.